The Hall–Kier alpha value is -3.20. The van der Waals surface area contributed by atoms with E-state index in [1.165, 1.54) is 24.8 Å². The normalized spacial score (nSPS) is 12.7. The topological polar surface area (TPSA) is 56.3 Å². The highest BCUT2D eigenvalue weighted by molar-refractivity contribution is 7.31. The number of unbranched alkanes of at least 4 members (excludes halogenated alkanes) is 1. The van der Waals surface area contributed by atoms with Crippen LogP contribution in [-0.4, -0.2) is 0 Å². The van der Waals surface area contributed by atoms with Crippen LogP contribution in [0.15, 0.2) is 29.6 Å². The Morgan fingerprint density at radius 1 is 0.970 bits per heavy atom. The van der Waals surface area contributed by atoms with Gasteiger partial charge < -0.3 is 0 Å². The second-order valence-corrected chi connectivity index (χ2v) is 10.9. The second kappa shape index (κ2) is 11.6. The van der Waals surface area contributed by atoms with E-state index in [1.54, 1.807) is 46.2 Å². The van der Waals surface area contributed by atoms with Gasteiger partial charge in [-0.05, 0) is 48.3 Å². The Bertz CT molecular complexity index is 1310. The highest BCUT2D eigenvalue weighted by Crippen LogP contribution is 2.43. The predicted molar refractivity (Wildman–Crippen MR) is 140 cm³/mol. The average molecular weight is 487 g/mol. The standard InChI is InChI=1S/C26H22N4S3/c1-5-7-8-17(6-2)9-18-10-23(32-22(18)12-20(16-28)30-4)26-14-25-24(33-26)13-21(31-25)11-19(15-27)29-3/h10-14,17H,5-9H2,1-2H3/b19-11+,20-12-. The van der Waals surface area contributed by atoms with Gasteiger partial charge in [-0.3, -0.25) is 0 Å². The van der Waals surface area contributed by atoms with Crippen LogP contribution in [0.4, 0.5) is 0 Å². The van der Waals surface area contributed by atoms with Crippen molar-refractivity contribution in [1.29, 1.82) is 10.5 Å². The van der Waals surface area contributed by atoms with E-state index in [9.17, 15) is 5.26 Å². The summed E-state index contributed by atoms with van der Waals surface area (Å²) in [6, 6.07) is 10.3. The fourth-order valence-corrected chi connectivity index (χ4v) is 7.13. The molecule has 3 rings (SSSR count). The third kappa shape index (κ3) is 5.98. The SMILES string of the molecule is [C-]#[N+]/C(C#N)=C\c1sc(-c2cc3sc(/C=C(\C#N)[N+]#[C-])cc3s2)cc1CC(CC)CCCC. The molecule has 0 aromatic carbocycles. The first-order valence-electron chi connectivity index (χ1n) is 10.7. The molecule has 0 radical (unpaired) electrons. The third-order valence-electron chi connectivity index (χ3n) is 5.38. The molecule has 1 unspecified atom stereocenters. The third-order valence-corrected chi connectivity index (χ3v) is 8.94. The van der Waals surface area contributed by atoms with E-state index >= 15 is 0 Å². The van der Waals surface area contributed by atoms with Gasteiger partial charge in [0.05, 0.1) is 25.3 Å². The van der Waals surface area contributed by atoms with Gasteiger partial charge in [-0.25, -0.2) is 20.2 Å². The fourth-order valence-electron chi connectivity index (χ4n) is 3.59. The molecule has 0 fully saturated rings. The van der Waals surface area contributed by atoms with Crippen LogP contribution in [0.3, 0.4) is 0 Å². The van der Waals surface area contributed by atoms with Crippen molar-refractivity contribution in [2.45, 2.75) is 46.0 Å². The van der Waals surface area contributed by atoms with Crippen LogP contribution < -0.4 is 0 Å². The summed E-state index contributed by atoms with van der Waals surface area (Å²) in [5.41, 5.74) is 1.42. The molecule has 0 saturated heterocycles. The van der Waals surface area contributed by atoms with Gasteiger partial charge in [-0.15, -0.1) is 34.0 Å². The van der Waals surface area contributed by atoms with Crippen LogP contribution in [0.2, 0.25) is 0 Å². The van der Waals surface area contributed by atoms with Crippen LogP contribution >= 0.6 is 34.0 Å². The maximum Gasteiger partial charge on any atom is 0.263 e. The molecule has 164 valence electrons. The minimum Gasteiger partial charge on any atom is -0.227 e. The van der Waals surface area contributed by atoms with E-state index in [4.69, 9.17) is 18.4 Å². The fraction of sp³-hybridized carbons (Fsp3) is 0.308. The first kappa shape index (κ1) is 24.4. The van der Waals surface area contributed by atoms with Crippen LogP contribution in [0.5, 0.6) is 0 Å². The Morgan fingerprint density at radius 3 is 2.24 bits per heavy atom. The number of nitriles is 2. The van der Waals surface area contributed by atoms with Crippen molar-refractivity contribution in [1.82, 2.24) is 0 Å². The van der Waals surface area contributed by atoms with Crippen molar-refractivity contribution in [3.8, 4) is 21.9 Å². The lowest BCUT2D eigenvalue weighted by molar-refractivity contribution is 0.449. The molecule has 0 spiro atoms. The van der Waals surface area contributed by atoms with Crippen LogP contribution in [0.1, 0.15) is 54.8 Å². The highest BCUT2D eigenvalue weighted by atomic mass is 32.1. The van der Waals surface area contributed by atoms with E-state index in [-0.39, 0.29) is 11.4 Å². The maximum absolute atomic E-state index is 9.27. The number of nitrogens with zero attached hydrogens (tertiary/aromatic N) is 4. The van der Waals surface area contributed by atoms with Gasteiger partial charge in [-0.2, -0.15) is 0 Å². The van der Waals surface area contributed by atoms with Crippen molar-refractivity contribution in [2.24, 2.45) is 5.92 Å². The zero-order chi connectivity index (χ0) is 23.8. The highest BCUT2D eigenvalue weighted by Gasteiger charge is 2.17. The Morgan fingerprint density at radius 2 is 1.64 bits per heavy atom. The minimum atomic E-state index is 0.0881. The molecule has 3 heterocycles. The van der Waals surface area contributed by atoms with Gasteiger partial charge in [0.25, 0.3) is 11.4 Å². The van der Waals surface area contributed by atoms with Gasteiger partial charge in [0, 0.05) is 28.9 Å². The molecular weight excluding hydrogens is 465 g/mol. The lowest BCUT2D eigenvalue weighted by atomic mass is 9.92. The first-order valence-corrected chi connectivity index (χ1v) is 13.1. The van der Waals surface area contributed by atoms with E-state index in [1.807, 2.05) is 18.2 Å². The van der Waals surface area contributed by atoms with Crippen molar-refractivity contribution in [3.05, 3.63) is 67.7 Å². The summed E-state index contributed by atoms with van der Waals surface area (Å²) in [7, 11) is 0. The summed E-state index contributed by atoms with van der Waals surface area (Å²) < 4.78 is 2.26. The number of hydrogen-bond acceptors (Lipinski definition) is 5. The molecule has 3 aromatic heterocycles. The molecule has 0 aliphatic carbocycles. The first-order chi connectivity index (χ1) is 16.0. The van der Waals surface area contributed by atoms with Crippen LogP contribution in [0.25, 0.3) is 41.0 Å². The van der Waals surface area contributed by atoms with E-state index in [0.29, 0.717) is 5.92 Å². The monoisotopic (exact) mass is 486 g/mol. The number of fused-ring (bicyclic) bond motifs is 1. The Kier molecular flexibility index (Phi) is 8.59. The molecule has 7 heteroatoms. The molecule has 0 amide bonds. The van der Waals surface area contributed by atoms with Crippen molar-refractivity contribution in [3.63, 3.8) is 0 Å². The summed E-state index contributed by atoms with van der Waals surface area (Å²) >= 11 is 4.90. The zero-order valence-corrected chi connectivity index (χ0v) is 21.0. The quantitative estimate of drug-likeness (QED) is 0.224. The summed E-state index contributed by atoms with van der Waals surface area (Å²) in [6.07, 6.45) is 9.02. The van der Waals surface area contributed by atoms with E-state index < -0.39 is 0 Å². The van der Waals surface area contributed by atoms with Crippen molar-refractivity contribution < 1.29 is 0 Å². The van der Waals surface area contributed by atoms with Crippen LogP contribution in [-0.2, 0) is 6.42 Å². The summed E-state index contributed by atoms with van der Waals surface area (Å²) in [6.45, 7) is 18.8. The Labute approximate surface area is 207 Å². The molecule has 33 heavy (non-hydrogen) atoms. The summed E-state index contributed by atoms with van der Waals surface area (Å²) in [5.74, 6) is 0.594. The number of thiophene rings is 3. The largest absolute Gasteiger partial charge is 0.263 e. The number of rotatable bonds is 9. The second-order valence-electron chi connectivity index (χ2n) is 7.62. The molecule has 0 N–H and O–H groups in total. The molecule has 3 aromatic rings. The van der Waals surface area contributed by atoms with Gasteiger partial charge in [0.15, 0.2) is 0 Å². The Balaban J connectivity index is 1.98. The molecular formula is C26H22N4S3. The summed E-state index contributed by atoms with van der Waals surface area (Å²) in [4.78, 5) is 10.8. The van der Waals surface area contributed by atoms with Crippen molar-refractivity contribution in [2.75, 3.05) is 0 Å². The van der Waals surface area contributed by atoms with Gasteiger partial charge in [0.1, 0.15) is 0 Å². The van der Waals surface area contributed by atoms with Gasteiger partial charge >= 0.3 is 0 Å². The molecule has 0 saturated carbocycles. The van der Waals surface area contributed by atoms with E-state index in [2.05, 4.69) is 35.7 Å². The number of hydrogen-bond donors (Lipinski definition) is 0. The minimum absolute atomic E-state index is 0.0881. The smallest absolute Gasteiger partial charge is 0.227 e. The van der Waals surface area contributed by atoms with Gasteiger partial charge in [0.2, 0.25) is 0 Å². The molecule has 0 aliphatic rings. The van der Waals surface area contributed by atoms with Crippen LogP contribution in [0, 0.1) is 41.7 Å². The van der Waals surface area contributed by atoms with Crippen molar-refractivity contribution >= 4 is 55.6 Å². The molecule has 0 aliphatic heterocycles. The maximum atomic E-state index is 9.27. The molecule has 1 atom stereocenters. The molecule has 0 bridgehead atoms. The number of allylic oxidation sites excluding steroid dienone is 2. The summed E-state index contributed by atoms with van der Waals surface area (Å²) in [5, 5.41) is 18.3. The van der Waals surface area contributed by atoms with Gasteiger partial charge in [-0.1, -0.05) is 39.5 Å². The zero-order valence-electron chi connectivity index (χ0n) is 18.5. The molecule has 4 nitrogen and oxygen atoms in total. The predicted octanol–water partition coefficient (Wildman–Crippen LogP) is 9.02. The average Bonchev–Trinajstić information content (AvgIpc) is 3.51. The lowest BCUT2D eigenvalue weighted by Gasteiger charge is -2.14. The lowest BCUT2D eigenvalue weighted by Crippen LogP contribution is -2.03. The van der Waals surface area contributed by atoms with E-state index in [0.717, 1.165) is 41.8 Å².